The highest BCUT2D eigenvalue weighted by Crippen LogP contribution is 2.23. The van der Waals surface area contributed by atoms with E-state index in [2.05, 4.69) is 10.3 Å². The number of thiophene rings is 1. The summed E-state index contributed by atoms with van der Waals surface area (Å²) in [7, 11) is 0. The summed E-state index contributed by atoms with van der Waals surface area (Å²) in [6, 6.07) is 11.0. The fraction of sp³-hybridized carbons (Fsp3) is 0.286. The third kappa shape index (κ3) is 5.01. The maximum atomic E-state index is 12.5. The third-order valence-corrected chi connectivity index (χ3v) is 6.00. The monoisotopic (exact) mass is 444 g/mol. The zero-order chi connectivity index (χ0) is 20.9. The quantitative estimate of drug-likeness (QED) is 0.651. The van der Waals surface area contributed by atoms with Crippen molar-refractivity contribution in [3.8, 4) is 10.8 Å². The summed E-state index contributed by atoms with van der Waals surface area (Å²) in [5, 5.41) is 5.48. The number of aromatic nitrogens is 1. The molecular formula is C21H21ClN4O3S. The van der Waals surface area contributed by atoms with Gasteiger partial charge in [-0.05, 0) is 29.1 Å². The minimum absolute atomic E-state index is 0.0566. The van der Waals surface area contributed by atoms with Crippen LogP contribution < -0.4 is 5.32 Å². The molecule has 1 aromatic carbocycles. The van der Waals surface area contributed by atoms with Gasteiger partial charge in [0.2, 0.25) is 11.8 Å². The molecule has 0 atom stereocenters. The Labute approximate surface area is 183 Å². The van der Waals surface area contributed by atoms with Gasteiger partial charge in [-0.15, -0.1) is 11.3 Å². The summed E-state index contributed by atoms with van der Waals surface area (Å²) >= 11 is 7.43. The Morgan fingerprint density at radius 1 is 1.10 bits per heavy atom. The highest BCUT2D eigenvalue weighted by molar-refractivity contribution is 7.13. The number of urea groups is 1. The average molecular weight is 445 g/mol. The molecule has 30 heavy (non-hydrogen) atoms. The van der Waals surface area contributed by atoms with Crippen molar-refractivity contribution in [1.29, 1.82) is 0 Å². The van der Waals surface area contributed by atoms with E-state index in [1.807, 2.05) is 29.6 Å². The van der Waals surface area contributed by atoms with E-state index < -0.39 is 0 Å². The second-order valence-corrected chi connectivity index (χ2v) is 8.34. The molecule has 1 N–H and O–H groups in total. The number of rotatable bonds is 5. The smallest absolute Gasteiger partial charge is 0.317 e. The molecule has 9 heteroatoms. The summed E-state index contributed by atoms with van der Waals surface area (Å²) in [4.78, 5) is 33.8. The van der Waals surface area contributed by atoms with Gasteiger partial charge in [-0.2, -0.15) is 0 Å². The molecule has 3 heterocycles. The van der Waals surface area contributed by atoms with E-state index in [1.165, 1.54) is 0 Å². The minimum atomic E-state index is -0.166. The van der Waals surface area contributed by atoms with Crippen molar-refractivity contribution in [2.75, 3.05) is 26.2 Å². The van der Waals surface area contributed by atoms with Crippen LogP contribution in [0.15, 0.2) is 52.5 Å². The van der Waals surface area contributed by atoms with Gasteiger partial charge < -0.3 is 19.5 Å². The number of carbonyl (C=O) groups is 2. The first-order valence-electron chi connectivity index (χ1n) is 9.62. The molecule has 1 fully saturated rings. The SMILES string of the molecule is O=C(Cc1ccc(Cl)cc1)N1CCN(C(=O)NCc2coc(-c3cccs3)n2)CC1. The van der Waals surface area contributed by atoms with Crippen LogP contribution in [0.2, 0.25) is 5.02 Å². The maximum absolute atomic E-state index is 12.5. The Morgan fingerprint density at radius 3 is 2.53 bits per heavy atom. The van der Waals surface area contributed by atoms with Crippen molar-refractivity contribution >= 4 is 34.9 Å². The number of carbonyl (C=O) groups excluding carboxylic acids is 2. The molecule has 0 aliphatic carbocycles. The Kier molecular flexibility index (Phi) is 6.35. The van der Waals surface area contributed by atoms with Crippen LogP contribution in [0.3, 0.4) is 0 Å². The van der Waals surface area contributed by atoms with Gasteiger partial charge in [0.25, 0.3) is 0 Å². The third-order valence-electron chi connectivity index (χ3n) is 4.89. The first kappa shape index (κ1) is 20.4. The molecular weight excluding hydrogens is 424 g/mol. The van der Waals surface area contributed by atoms with Gasteiger partial charge in [-0.3, -0.25) is 4.79 Å². The lowest BCUT2D eigenvalue weighted by Crippen LogP contribution is -2.53. The van der Waals surface area contributed by atoms with Gasteiger partial charge in [0.15, 0.2) is 0 Å². The minimum Gasteiger partial charge on any atom is -0.443 e. The normalized spacial score (nSPS) is 14.0. The standard InChI is InChI=1S/C21H21ClN4O3S/c22-16-5-3-15(4-6-16)12-19(27)25-7-9-26(10-8-25)21(28)23-13-17-14-29-20(24-17)18-2-1-11-30-18/h1-6,11,14H,7-10,12-13H2,(H,23,28). The Balaban J connectivity index is 1.22. The van der Waals surface area contributed by atoms with Crippen molar-refractivity contribution in [3.63, 3.8) is 0 Å². The summed E-state index contributed by atoms with van der Waals surface area (Å²) in [5.74, 6) is 0.614. The summed E-state index contributed by atoms with van der Waals surface area (Å²) in [5.41, 5.74) is 1.60. The number of nitrogens with zero attached hydrogens (tertiary/aromatic N) is 3. The van der Waals surface area contributed by atoms with Gasteiger partial charge in [0.1, 0.15) is 6.26 Å². The van der Waals surface area contributed by atoms with Gasteiger partial charge in [-0.25, -0.2) is 9.78 Å². The predicted octanol–water partition coefficient (Wildman–Crippen LogP) is 3.65. The molecule has 7 nitrogen and oxygen atoms in total. The van der Waals surface area contributed by atoms with Crippen LogP contribution in [0.4, 0.5) is 4.79 Å². The van der Waals surface area contributed by atoms with E-state index in [0.717, 1.165) is 10.4 Å². The second kappa shape index (κ2) is 9.32. The van der Waals surface area contributed by atoms with E-state index in [-0.39, 0.29) is 11.9 Å². The molecule has 0 bridgehead atoms. The molecule has 1 saturated heterocycles. The Bertz CT molecular complexity index is 996. The Morgan fingerprint density at radius 2 is 1.83 bits per heavy atom. The summed E-state index contributed by atoms with van der Waals surface area (Å²) in [6.45, 7) is 2.33. The zero-order valence-corrected chi connectivity index (χ0v) is 17.8. The molecule has 1 aliphatic rings. The first-order chi connectivity index (χ1) is 14.6. The average Bonchev–Trinajstić information content (AvgIpc) is 3.45. The first-order valence-corrected chi connectivity index (χ1v) is 10.9. The highest BCUT2D eigenvalue weighted by atomic mass is 35.5. The van der Waals surface area contributed by atoms with Gasteiger partial charge in [-0.1, -0.05) is 29.8 Å². The van der Waals surface area contributed by atoms with Crippen LogP contribution in [0.25, 0.3) is 10.8 Å². The molecule has 4 rings (SSSR count). The largest absolute Gasteiger partial charge is 0.443 e. The lowest BCUT2D eigenvalue weighted by Gasteiger charge is -2.34. The second-order valence-electron chi connectivity index (χ2n) is 6.95. The van der Waals surface area contributed by atoms with E-state index in [0.29, 0.717) is 55.8 Å². The van der Waals surface area contributed by atoms with Gasteiger partial charge in [0.05, 0.1) is 23.5 Å². The van der Waals surface area contributed by atoms with Crippen LogP contribution in [-0.2, 0) is 17.8 Å². The molecule has 0 saturated carbocycles. The van der Waals surface area contributed by atoms with E-state index in [4.69, 9.17) is 16.0 Å². The lowest BCUT2D eigenvalue weighted by molar-refractivity contribution is -0.131. The van der Waals surface area contributed by atoms with Crippen molar-refractivity contribution in [2.24, 2.45) is 0 Å². The van der Waals surface area contributed by atoms with Gasteiger partial charge in [0, 0.05) is 31.2 Å². The van der Waals surface area contributed by atoms with Gasteiger partial charge >= 0.3 is 6.03 Å². The molecule has 3 aromatic rings. The molecule has 0 unspecified atom stereocenters. The van der Waals surface area contributed by atoms with Crippen molar-refractivity contribution in [3.05, 3.63) is 64.3 Å². The molecule has 0 spiro atoms. The number of nitrogens with one attached hydrogen (secondary N) is 1. The number of hydrogen-bond donors (Lipinski definition) is 1. The van der Waals surface area contributed by atoms with Crippen LogP contribution in [-0.4, -0.2) is 52.9 Å². The van der Waals surface area contributed by atoms with Crippen molar-refractivity contribution in [1.82, 2.24) is 20.1 Å². The van der Waals surface area contributed by atoms with Crippen LogP contribution in [0.1, 0.15) is 11.3 Å². The molecule has 1 aliphatic heterocycles. The topological polar surface area (TPSA) is 78.7 Å². The number of piperazine rings is 1. The van der Waals surface area contributed by atoms with E-state index in [9.17, 15) is 9.59 Å². The summed E-state index contributed by atoms with van der Waals surface area (Å²) in [6.07, 6.45) is 1.89. The predicted molar refractivity (Wildman–Crippen MR) is 115 cm³/mol. The number of amides is 3. The number of halogens is 1. The zero-order valence-electron chi connectivity index (χ0n) is 16.2. The number of oxazole rings is 1. The van der Waals surface area contributed by atoms with Crippen molar-refractivity contribution in [2.45, 2.75) is 13.0 Å². The van der Waals surface area contributed by atoms with E-state index in [1.54, 1.807) is 39.5 Å². The van der Waals surface area contributed by atoms with E-state index >= 15 is 0 Å². The van der Waals surface area contributed by atoms with Crippen LogP contribution in [0.5, 0.6) is 0 Å². The van der Waals surface area contributed by atoms with Crippen LogP contribution >= 0.6 is 22.9 Å². The maximum Gasteiger partial charge on any atom is 0.317 e. The highest BCUT2D eigenvalue weighted by Gasteiger charge is 2.24. The fourth-order valence-corrected chi connectivity index (χ4v) is 4.01. The summed E-state index contributed by atoms with van der Waals surface area (Å²) < 4.78 is 5.47. The van der Waals surface area contributed by atoms with Crippen molar-refractivity contribution < 1.29 is 14.0 Å². The number of hydrogen-bond acceptors (Lipinski definition) is 5. The molecule has 2 aromatic heterocycles. The Hall–Kier alpha value is -2.84. The van der Waals surface area contributed by atoms with Crippen LogP contribution in [0, 0.1) is 0 Å². The molecule has 3 amide bonds. The fourth-order valence-electron chi connectivity index (χ4n) is 3.23. The number of benzene rings is 1. The molecule has 156 valence electrons. The molecule has 0 radical (unpaired) electrons. The lowest BCUT2D eigenvalue weighted by atomic mass is 10.1.